The van der Waals surface area contributed by atoms with Crippen LogP contribution in [0.2, 0.25) is 0 Å². The molecule has 0 aromatic rings. The predicted octanol–water partition coefficient (Wildman–Crippen LogP) is -8.63. The summed E-state index contributed by atoms with van der Waals surface area (Å²) in [7, 11) is 0. The molecule has 6 aliphatic rings. The van der Waals surface area contributed by atoms with Gasteiger partial charge in [-0.3, -0.25) is 58.5 Å². The van der Waals surface area contributed by atoms with E-state index < -0.39 is 151 Å². The molecule has 9 amide bonds. The van der Waals surface area contributed by atoms with Crippen LogP contribution in [0.3, 0.4) is 0 Å². The highest BCUT2D eigenvalue weighted by Crippen LogP contribution is 2.37. The zero-order valence-corrected chi connectivity index (χ0v) is 40.6. The highest BCUT2D eigenvalue weighted by Gasteiger charge is 2.47. The number of carbonyl (C=O) groups is 11. The van der Waals surface area contributed by atoms with E-state index in [2.05, 4.69) is 47.9 Å². The summed E-state index contributed by atoms with van der Waals surface area (Å²) in [5, 5.41) is 96.2. The van der Waals surface area contributed by atoms with E-state index in [1.807, 2.05) is 0 Å². The normalized spacial score (nSPS) is 25.9. The summed E-state index contributed by atoms with van der Waals surface area (Å²) in [6, 6.07) is -11.1. The fourth-order valence-corrected chi connectivity index (χ4v) is 9.24. The van der Waals surface area contributed by atoms with E-state index in [1.165, 1.54) is 23.1 Å². The van der Waals surface area contributed by atoms with Crippen LogP contribution in [0.4, 0.5) is 0 Å². The Balaban J connectivity index is 1.17. The number of hydrogen-bond acceptors (Lipinski definition) is 21. The van der Waals surface area contributed by atoms with Gasteiger partial charge in [-0.15, -0.1) is 0 Å². The molecule has 416 valence electrons. The van der Waals surface area contributed by atoms with Gasteiger partial charge in [0.1, 0.15) is 48.4 Å². The number of hydrogen-bond donors (Lipinski definition) is 18. The number of rotatable bonds is 21. The zero-order valence-electron chi connectivity index (χ0n) is 40.6. The van der Waals surface area contributed by atoms with Crippen molar-refractivity contribution in [3.63, 3.8) is 0 Å². The Kier molecular flexibility index (Phi) is 19.1. The molecule has 10 unspecified atom stereocenters. The number of primary amides is 1. The Morgan fingerprint density at radius 3 is 2.30 bits per heavy atom. The standard InChI is InChI=1S/C44H62N14O18/c45-9-1-3-19(51-38(68)23(15-31(64)65)53-39(69)24-8-11-48-36-22(49-29(62)6-5-28(46)61)13-18-14-26(59)27(60)16-25(18)58(24)36)37(67)55-32(34(66)44(74)75)35-47-10-7-21(50-35)41(71)56-17-30(63)54-33(43(56)73)40(70)52-20-4-2-12-57(76)42(20)72/h13-14,16,19-21,23-24,27,32-35,43,47-48,50,59-60,66,73,76H,1-12,15,17,45H2,(H2,46,61)(H,49,62)(H,51,68)(H,52,70)(H,53,69)(H,54,63)(H,55,67)(H,64,65)(H,74,75)/t19?,20?,21?,23?,24-,27?,32?,33?,34?,35?,43?/m0/s1. The lowest BCUT2D eigenvalue weighted by molar-refractivity contribution is -0.174. The van der Waals surface area contributed by atoms with Gasteiger partial charge in [0.15, 0.2) is 18.4 Å². The van der Waals surface area contributed by atoms with Crippen molar-refractivity contribution in [2.45, 2.75) is 125 Å². The number of nitrogens with two attached hydrogens (primary N) is 2. The van der Waals surface area contributed by atoms with Gasteiger partial charge in [0, 0.05) is 37.2 Å². The first-order valence-corrected chi connectivity index (χ1v) is 24.2. The second-order valence-electron chi connectivity index (χ2n) is 18.5. The van der Waals surface area contributed by atoms with Gasteiger partial charge in [-0.05, 0) is 69.8 Å². The zero-order chi connectivity index (χ0) is 55.7. The van der Waals surface area contributed by atoms with Crippen LogP contribution in [0.25, 0.3) is 0 Å². The van der Waals surface area contributed by atoms with Gasteiger partial charge in [0.2, 0.25) is 47.3 Å². The largest absolute Gasteiger partial charge is 0.509 e. The number of piperazine rings is 1. The average Bonchev–Trinajstić information content (AvgIpc) is 3.41. The number of carboxylic acids is 2. The molecule has 4 fully saturated rings. The maximum Gasteiger partial charge on any atom is 0.334 e. The number of carboxylic acid groups (broad SMARTS) is 2. The van der Waals surface area contributed by atoms with Crippen molar-refractivity contribution in [2.75, 3.05) is 32.7 Å². The third-order valence-electron chi connectivity index (χ3n) is 13.1. The summed E-state index contributed by atoms with van der Waals surface area (Å²) in [6.07, 6.45) is -5.18. The summed E-state index contributed by atoms with van der Waals surface area (Å²) >= 11 is 0. The Morgan fingerprint density at radius 2 is 1.62 bits per heavy atom. The lowest BCUT2D eigenvalue weighted by Gasteiger charge is -2.44. The van der Waals surface area contributed by atoms with E-state index in [-0.39, 0.29) is 93.9 Å². The molecule has 1 aliphatic carbocycles. The molecule has 0 saturated carbocycles. The van der Waals surface area contributed by atoms with Gasteiger partial charge >= 0.3 is 11.9 Å². The molecule has 5 heterocycles. The van der Waals surface area contributed by atoms with Crippen molar-refractivity contribution >= 4 is 65.1 Å². The molecule has 32 heteroatoms. The summed E-state index contributed by atoms with van der Waals surface area (Å²) in [5.74, 6) is -12.2. The van der Waals surface area contributed by atoms with Crippen LogP contribution in [0.5, 0.6) is 0 Å². The third-order valence-corrected chi connectivity index (χ3v) is 13.1. The number of nitrogens with one attached hydrogen (secondary N) is 9. The molecule has 0 radical (unpaired) electrons. The number of piperidine rings is 1. The number of aliphatic carboxylic acids is 2. The van der Waals surface area contributed by atoms with Crippen molar-refractivity contribution in [1.82, 2.24) is 62.7 Å². The van der Waals surface area contributed by atoms with Crippen LogP contribution in [0, 0.1) is 0 Å². The maximum atomic E-state index is 14.3. The van der Waals surface area contributed by atoms with Gasteiger partial charge in [0.05, 0.1) is 30.4 Å². The molecule has 76 heavy (non-hydrogen) atoms. The fourth-order valence-electron chi connectivity index (χ4n) is 9.24. The monoisotopic (exact) mass is 1070 g/mol. The highest BCUT2D eigenvalue weighted by molar-refractivity contribution is 5.97. The van der Waals surface area contributed by atoms with Crippen molar-refractivity contribution in [2.24, 2.45) is 11.5 Å². The van der Waals surface area contributed by atoms with Crippen LogP contribution in [0.15, 0.2) is 46.8 Å². The summed E-state index contributed by atoms with van der Waals surface area (Å²) in [6.45, 7) is -0.832. The first-order chi connectivity index (χ1) is 36.0. The van der Waals surface area contributed by atoms with E-state index in [0.29, 0.717) is 16.4 Å². The fraction of sp³-hybridized carbons (Fsp3) is 0.568. The van der Waals surface area contributed by atoms with E-state index in [4.69, 9.17) is 11.5 Å². The van der Waals surface area contributed by atoms with E-state index in [1.54, 1.807) is 0 Å². The number of aliphatic hydroxyl groups is 4. The second-order valence-corrected chi connectivity index (χ2v) is 18.5. The average molecular weight is 1080 g/mol. The number of carbonyl (C=O) groups excluding carboxylic acids is 9. The molecule has 0 bridgehead atoms. The molecule has 5 aliphatic heterocycles. The SMILES string of the molecule is NCCCC(NC(=O)C(CC(=O)O)NC(=O)[C@@H]1CCNC2=C(NC(=O)CCC(N)=O)C=C3C=C(O)C(O)C=C3N21)C(=O)NC(C1NCCC(C(=O)N2CC(=O)NC(C(=O)NC3CCCN(O)C3=O)C2O)N1)C(O)C(=O)O. The number of fused-ring (bicyclic) bond motifs is 3. The van der Waals surface area contributed by atoms with Crippen LogP contribution in [0.1, 0.15) is 57.8 Å². The Hall–Kier alpha value is -7.75. The maximum absolute atomic E-state index is 14.3. The van der Waals surface area contributed by atoms with Gasteiger partial charge in [-0.1, -0.05) is 0 Å². The second kappa shape index (κ2) is 25.2. The van der Waals surface area contributed by atoms with Crippen molar-refractivity contribution in [3.05, 3.63) is 46.8 Å². The minimum absolute atomic E-state index is 0.0191. The number of allylic oxidation sites excluding steroid dienone is 2. The molecule has 0 spiro atoms. The lowest BCUT2D eigenvalue weighted by atomic mass is 9.93. The van der Waals surface area contributed by atoms with Crippen LogP contribution in [-0.4, -0.2) is 215 Å². The van der Waals surface area contributed by atoms with Crippen molar-refractivity contribution < 1.29 is 88.6 Å². The van der Waals surface area contributed by atoms with Gasteiger partial charge in [-0.2, -0.15) is 0 Å². The molecule has 0 aromatic heterocycles. The molecular weight excluding hydrogens is 1010 g/mol. The minimum Gasteiger partial charge on any atom is -0.509 e. The molecule has 11 atom stereocenters. The molecule has 0 aromatic carbocycles. The first-order valence-electron chi connectivity index (χ1n) is 24.2. The van der Waals surface area contributed by atoms with Crippen molar-refractivity contribution in [1.29, 1.82) is 0 Å². The third kappa shape index (κ3) is 13.7. The number of aliphatic hydroxyl groups excluding tert-OH is 4. The Labute approximate surface area is 431 Å². The van der Waals surface area contributed by atoms with E-state index in [0.717, 1.165) is 0 Å². The van der Waals surface area contributed by atoms with Crippen molar-refractivity contribution in [3.8, 4) is 0 Å². The van der Waals surface area contributed by atoms with Crippen LogP contribution < -0.4 is 59.3 Å². The Bertz CT molecular complexity index is 2480. The van der Waals surface area contributed by atoms with Gasteiger partial charge < -0.3 is 94.4 Å². The minimum atomic E-state index is -2.43. The predicted molar refractivity (Wildman–Crippen MR) is 252 cm³/mol. The van der Waals surface area contributed by atoms with Crippen LogP contribution in [-0.2, 0) is 52.7 Å². The summed E-state index contributed by atoms with van der Waals surface area (Å²) in [4.78, 5) is 146. The van der Waals surface area contributed by atoms with Gasteiger partial charge in [0.25, 0.3) is 5.91 Å². The topological polar surface area (TPSA) is 499 Å². The summed E-state index contributed by atoms with van der Waals surface area (Å²) < 4.78 is 0. The molecule has 32 nitrogen and oxygen atoms in total. The smallest absolute Gasteiger partial charge is 0.334 e. The van der Waals surface area contributed by atoms with E-state index in [9.17, 15) is 88.6 Å². The number of hydroxylamine groups is 2. The highest BCUT2D eigenvalue weighted by atomic mass is 16.5. The molecule has 6 rings (SSSR count). The lowest BCUT2D eigenvalue weighted by Crippen LogP contribution is -2.72. The van der Waals surface area contributed by atoms with Crippen LogP contribution >= 0.6 is 0 Å². The first kappa shape index (κ1) is 57.5. The van der Waals surface area contributed by atoms with E-state index >= 15 is 0 Å². The Morgan fingerprint density at radius 1 is 0.895 bits per heavy atom. The number of nitrogens with zero attached hydrogens (tertiary/aromatic N) is 3. The quantitative estimate of drug-likeness (QED) is 0.0475. The summed E-state index contributed by atoms with van der Waals surface area (Å²) in [5.41, 5.74) is 11.4. The molecule has 20 N–H and O–H groups in total. The van der Waals surface area contributed by atoms with Gasteiger partial charge in [-0.25, -0.2) is 9.86 Å². The number of amides is 9. The molecule has 4 saturated heterocycles. The molecular formula is C44H62N14O18.